The molecular formula is C50H39Cl2O2SiZr. The predicted molar refractivity (Wildman–Crippen MR) is 235 cm³/mol. The summed E-state index contributed by atoms with van der Waals surface area (Å²) in [5.41, 5.74) is 12.6. The SMILES string of the molecule is Cc1ccc(C2=Cc3c(-c4ccc5ccccc5c4)cccc3C2C[SiH](CC2C(c3ccc(C)o3)=Cc3c(-c4ccc5ccccc5c4)cccc32)[Zr]([Cl])[Cl])o1. The van der Waals surface area contributed by atoms with E-state index in [9.17, 15) is 0 Å². The van der Waals surface area contributed by atoms with Crippen molar-refractivity contribution in [1.29, 1.82) is 0 Å². The Balaban J connectivity index is 1.05. The average molecular weight is 862 g/mol. The minimum absolute atomic E-state index is 0.156. The van der Waals surface area contributed by atoms with Crippen LogP contribution in [0.25, 0.3) is 67.1 Å². The molecule has 0 amide bonds. The van der Waals surface area contributed by atoms with Gasteiger partial charge < -0.3 is 0 Å². The first-order valence-corrected chi connectivity index (χ1v) is 32.2. The number of hydrogen-bond donors (Lipinski definition) is 0. The number of aryl methyl sites for hydroxylation is 2. The van der Waals surface area contributed by atoms with E-state index in [2.05, 4.69) is 158 Å². The molecule has 0 fully saturated rings. The summed E-state index contributed by atoms with van der Waals surface area (Å²) in [5, 5.41) is 4.98. The van der Waals surface area contributed by atoms with E-state index in [0.717, 1.165) is 35.1 Å². The standard InChI is InChI=1S/C50H39O2Si.2ClH.Zr/c1-31-17-23-49(51-31)45-27-43-39(37-21-19-33-9-3-5-11-35(33)25-37)13-7-15-41(43)47(45)29-53-30-48-42-16-8-14-40(38-22-20-34-10-4-6-12-36(34)26-38)44(42)28-46(48)50-24-18-32(2)52-50;;;/h3-28,47-48,53H,29-30H2,1-2H3;2*1H;/q;;;+2/p-2. The zero-order valence-corrected chi connectivity index (χ0v) is 36.4. The molecule has 0 aliphatic heterocycles. The fraction of sp³-hybridized carbons (Fsp3) is 0.120. The van der Waals surface area contributed by atoms with E-state index in [4.69, 9.17) is 25.9 Å². The summed E-state index contributed by atoms with van der Waals surface area (Å²) < 4.78 is 12.8. The number of allylic oxidation sites excluding steroid dienone is 2. The Morgan fingerprint density at radius 1 is 0.500 bits per heavy atom. The van der Waals surface area contributed by atoms with Crippen molar-refractivity contribution >= 4 is 67.8 Å². The van der Waals surface area contributed by atoms with Crippen LogP contribution in [-0.4, -0.2) is 5.92 Å². The summed E-state index contributed by atoms with van der Waals surface area (Å²) in [6, 6.07) is 54.8. The molecule has 6 aromatic carbocycles. The zero-order chi connectivity index (χ0) is 37.9. The number of hydrogen-bond acceptors (Lipinski definition) is 2. The van der Waals surface area contributed by atoms with Crippen molar-refractivity contribution in [2.75, 3.05) is 0 Å². The molecule has 2 aliphatic rings. The van der Waals surface area contributed by atoms with Crippen molar-refractivity contribution in [1.82, 2.24) is 0 Å². The van der Waals surface area contributed by atoms with Crippen molar-refractivity contribution < 1.29 is 27.4 Å². The van der Waals surface area contributed by atoms with Crippen molar-refractivity contribution in [3.8, 4) is 22.3 Å². The van der Waals surface area contributed by atoms with E-state index in [1.807, 2.05) is 13.8 Å². The number of fused-ring (bicyclic) bond motifs is 4. The quantitative estimate of drug-likeness (QED) is 0.135. The first-order chi connectivity index (χ1) is 27.4. The normalized spacial score (nSPS) is 16.5. The van der Waals surface area contributed by atoms with Crippen molar-refractivity contribution in [2.24, 2.45) is 0 Å². The molecule has 10 rings (SSSR count). The van der Waals surface area contributed by atoms with Gasteiger partial charge in [0, 0.05) is 0 Å². The maximum atomic E-state index is 7.35. The Morgan fingerprint density at radius 2 is 0.946 bits per heavy atom. The summed E-state index contributed by atoms with van der Waals surface area (Å²) in [6.07, 6.45) is 4.77. The van der Waals surface area contributed by atoms with Crippen LogP contribution in [0.1, 0.15) is 57.1 Å². The van der Waals surface area contributed by atoms with Gasteiger partial charge in [-0.15, -0.1) is 0 Å². The van der Waals surface area contributed by atoms with E-state index in [0.29, 0.717) is 0 Å². The second kappa shape index (κ2) is 14.8. The Morgan fingerprint density at radius 3 is 1.36 bits per heavy atom. The van der Waals surface area contributed by atoms with Crippen molar-refractivity contribution in [2.45, 2.75) is 37.8 Å². The molecule has 0 saturated carbocycles. The molecule has 0 saturated heterocycles. The van der Waals surface area contributed by atoms with Crippen LogP contribution in [0.15, 0.2) is 154 Å². The van der Waals surface area contributed by atoms with Gasteiger partial charge in [0.25, 0.3) is 0 Å². The Labute approximate surface area is 343 Å². The molecule has 2 aliphatic carbocycles. The molecule has 273 valence electrons. The van der Waals surface area contributed by atoms with Gasteiger partial charge in [-0.2, -0.15) is 0 Å². The van der Waals surface area contributed by atoms with Crippen molar-refractivity contribution in [3.63, 3.8) is 0 Å². The van der Waals surface area contributed by atoms with Gasteiger partial charge in [0.2, 0.25) is 0 Å². The molecule has 6 heteroatoms. The number of furan rings is 2. The molecule has 2 heterocycles. The van der Waals surface area contributed by atoms with Gasteiger partial charge >= 0.3 is 346 Å². The topological polar surface area (TPSA) is 26.3 Å². The first kappa shape index (κ1) is 35.9. The fourth-order valence-electron chi connectivity index (χ4n) is 9.18. The van der Waals surface area contributed by atoms with Crippen molar-refractivity contribution in [3.05, 3.63) is 191 Å². The summed E-state index contributed by atoms with van der Waals surface area (Å²) in [5.74, 6) is 2.29. The van der Waals surface area contributed by atoms with Gasteiger partial charge in [0.1, 0.15) is 0 Å². The number of rotatable bonds is 9. The monoisotopic (exact) mass is 859 g/mol. The summed E-state index contributed by atoms with van der Waals surface area (Å²) in [7, 11) is 14.7. The summed E-state index contributed by atoms with van der Waals surface area (Å²) >= 11 is -2.77. The average Bonchev–Trinajstić information content (AvgIpc) is 4.02. The molecule has 2 aromatic heterocycles. The van der Waals surface area contributed by atoms with Gasteiger partial charge in [0.15, 0.2) is 0 Å². The molecule has 2 nitrogen and oxygen atoms in total. The van der Waals surface area contributed by atoms with E-state index in [-0.39, 0.29) is 11.8 Å². The van der Waals surface area contributed by atoms with Gasteiger partial charge in [-0.1, -0.05) is 0 Å². The summed E-state index contributed by atoms with van der Waals surface area (Å²) in [6.45, 7) is 4.05. The Hall–Kier alpha value is -4.44. The Bertz CT molecular complexity index is 2670. The van der Waals surface area contributed by atoms with Gasteiger partial charge in [-0.05, 0) is 0 Å². The second-order valence-electron chi connectivity index (χ2n) is 15.3. The second-order valence-corrected chi connectivity index (χ2v) is 38.8. The van der Waals surface area contributed by atoms with Crippen LogP contribution in [0.5, 0.6) is 0 Å². The zero-order valence-electron chi connectivity index (χ0n) is 31.2. The van der Waals surface area contributed by atoms with Gasteiger partial charge in [0.05, 0.1) is 0 Å². The first-order valence-electron chi connectivity index (χ1n) is 19.4. The van der Waals surface area contributed by atoms with E-state index in [1.165, 1.54) is 77.2 Å². The predicted octanol–water partition coefficient (Wildman–Crippen LogP) is 14.8. The third-order valence-electron chi connectivity index (χ3n) is 11.9. The molecular weight excluding hydrogens is 823 g/mol. The molecule has 2 unspecified atom stereocenters. The van der Waals surface area contributed by atoms with Crippen LogP contribution in [0.3, 0.4) is 0 Å². The van der Waals surface area contributed by atoms with E-state index >= 15 is 0 Å². The molecule has 2 atom stereocenters. The molecule has 0 radical (unpaired) electrons. The molecule has 56 heavy (non-hydrogen) atoms. The minimum atomic E-state index is -2.77. The fourth-order valence-corrected chi connectivity index (χ4v) is 24.3. The van der Waals surface area contributed by atoms with Gasteiger partial charge in [-0.3, -0.25) is 0 Å². The van der Waals surface area contributed by atoms with Gasteiger partial charge in [-0.25, -0.2) is 0 Å². The van der Waals surface area contributed by atoms with E-state index in [1.54, 1.807) is 0 Å². The molecule has 0 bridgehead atoms. The molecule has 8 aromatic rings. The third-order valence-corrected chi connectivity index (χ3v) is 33.6. The van der Waals surface area contributed by atoms with Crippen LogP contribution in [0, 0.1) is 13.8 Å². The summed E-state index contributed by atoms with van der Waals surface area (Å²) in [4.78, 5) is 0. The third kappa shape index (κ3) is 6.55. The van der Waals surface area contributed by atoms with Crippen LogP contribution in [0.4, 0.5) is 0 Å². The molecule has 0 spiro atoms. The number of halogens is 2. The maximum absolute atomic E-state index is 7.35. The van der Waals surface area contributed by atoms with Crippen LogP contribution >= 0.6 is 17.0 Å². The van der Waals surface area contributed by atoms with Crippen LogP contribution in [-0.2, 0) is 18.5 Å². The van der Waals surface area contributed by atoms with Crippen LogP contribution < -0.4 is 0 Å². The number of benzene rings is 6. The van der Waals surface area contributed by atoms with E-state index < -0.39 is 24.4 Å². The molecule has 0 N–H and O–H groups in total. The Kier molecular flexibility index (Phi) is 9.51. The van der Waals surface area contributed by atoms with Crippen LogP contribution in [0.2, 0.25) is 12.1 Å².